The third-order valence-corrected chi connectivity index (χ3v) is 3.29. The van der Waals surface area contributed by atoms with E-state index in [1.165, 1.54) is 6.33 Å². The van der Waals surface area contributed by atoms with Gasteiger partial charge in [-0.3, -0.25) is 0 Å². The quantitative estimate of drug-likeness (QED) is 0.848. The monoisotopic (exact) mass is 306 g/mol. The van der Waals surface area contributed by atoms with E-state index in [1.807, 2.05) is 19.1 Å². The van der Waals surface area contributed by atoms with Crippen molar-refractivity contribution in [2.75, 3.05) is 24.3 Å². The van der Waals surface area contributed by atoms with Gasteiger partial charge < -0.3 is 15.4 Å². The average Bonchev–Trinajstić information content (AvgIpc) is 2.48. The molecule has 0 radical (unpaired) electrons. The maximum atomic E-state index is 6.05. The van der Waals surface area contributed by atoms with Gasteiger partial charge in [0.05, 0.1) is 12.8 Å². The van der Waals surface area contributed by atoms with Crippen LogP contribution in [-0.2, 0) is 6.42 Å². The van der Waals surface area contributed by atoms with Gasteiger partial charge in [-0.15, -0.1) is 0 Å². The van der Waals surface area contributed by atoms with Crippen LogP contribution in [0.4, 0.5) is 17.3 Å². The van der Waals surface area contributed by atoms with Crippen molar-refractivity contribution in [3.05, 3.63) is 35.1 Å². The van der Waals surface area contributed by atoms with E-state index in [-0.39, 0.29) is 0 Å². The number of nitrogens with zero attached hydrogens (tertiary/aromatic N) is 2. The number of halogens is 1. The summed E-state index contributed by atoms with van der Waals surface area (Å²) in [5.41, 5.74) is 1.81. The molecule has 0 aliphatic carbocycles. The molecule has 0 fully saturated rings. The van der Waals surface area contributed by atoms with Gasteiger partial charge in [0.15, 0.2) is 0 Å². The molecule has 0 amide bonds. The van der Waals surface area contributed by atoms with Gasteiger partial charge in [0.25, 0.3) is 0 Å². The highest BCUT2D eigenvalue weighted by atomic mass is 35.5. The van der Waals surface area contributed by atoms with E-state index in [4.69, 9.17) is 16.3 Å². The van der Waals surface area contributed by atoms with Crippen molar-refractivity contribution in [2.24, 2.45) is 0 Å². The van der Waals surface area contributed by atoms with Crippen LogP contribution in [0.3, 0.4) is 0 Å². The first kappa shape index (κ1) is 15.4. The van der Waals surface area contributed by atoms with E-state index in [0.717, 1.165) is 35.9 Å². The number of methoxy groups -OCH3 is 1. The van der Waals surface area contributed by atoms with E-state index in [9.17, 15) is 0 Å². The van der Waals surface area contributed by atoms with Gasteiger partial charge >= 0.3 is 0 Å². The molecular weight excluding hydrogens is 288 g/mol. The molecule has 2 aromatic rings. The Labute approximate surface area is 129 Å². The molecule has 0 saturated carbocycles. The molecule has 21 heavy (non-hydrogen) atoms. The highest BCUT2D eigenvalue weighted by Gasteiger charge is 2.12. The van der Waals surface area contributed by atoms with E-state index < -0.39 is 0 Å². The van der Waals surface area contributed by atoms with Crippen LogP contribution < -0.4 is 15.4 Å². The minimum Gasteiger partial charge on any atom is -0.495 e. The van der Waals surface area contributed by atoms with Crippen LogP contribution in [0.5, 0.6) is 5.75 Å². The molecule has 2 rings (SSSR count). The number of hydrogen-bond donors (Lipinski definition) is 2. The number of benzene rings is 1. The van der Waals surface area contributed by atoms with Crippen molar-refractivity contribution >= 4 is 28.9 Å². The van der Waals surface area contributed by atoms with Gasteiger partial charge in [-0.25, -0.2) is 9.97 Å². The number of aromatic nitrogens is 2. The normalized spacial score (nSPS) is 10.3. The summed E-state index contributed by atoms with van der Waals surface area (Å²) in [5.74, 6) is 2.31. The van der Waals surface area contributed by atoms with Crippen molar-refractivity contribution in [2.45, 2.75) is 20.3 Å². The second kappa shape index (κ2) is 7.13. The van der Waals surface area contributed by atoms with E-state index >= 15 is 0 Å². The number of rotatable bonds is 6. The maximum Gasteiger partial charge on any atom is 0.142 e. The van der Waals surface area contributed by atoms with Gasteiger partial charge in [-0.2, -0.15) is 0 Å². The van der Waals surface area contributed by atoms with Crippen LogP contribution in [0.15, 0.2) is 24.5 Å². The first-order valence-electron chi connectivity index (χ1n) is 6.87. The van der Waals surface area contributed by atoms with Crippen LogP contribution in [0, 0.1) is 0 Å². The summed E-state index contributed by atoms with van der Waals surface area (Å²) in [7, 11) is 1.62. The third-order valence-electron chi connectivity index (χ3n) is 3.06. The summed E-state index contributed by atoms with van der Waals surface area (Å²) in [5, 5.41) is 7.16. The zero-order valence-electron chi connectivity index (χ0n) is 12.4. The maximum absolute atomic E-state index is 6.05. The fourth-order valence-electron chi connectivity index (χ4n) is 2.08. The lowest BCUT2D eigenvalue weighted by Crippen LogP contribution is -2.07. The van der Waals surface area contributed by atoms with E-state index in [0.29, 0.717) is 10.8 Å². The SMILES string of the molecule is CCNc1ncnc(Nc2cc(Cl)ccc2OC)c1CC. The lowest BCUT2D eigenvalue weighted by Gasteiger charge is -2.15. The molecule has 112 valence electrons. The van der Waals surface area contributed by atoms with Crippen LogP contribution in [0.25, 0.3) is 0 Å². The van der Waals surface area contributed by atoms with Gasteiger partial charge in [-0.05, 0) is 31.5 Å². The lowest BCUT2D eigenvalue weighted by atomic mass is 10.2. The molecule has 6 heteroatoms. The summed E-state index contributed by atoms with van der Waals surface area (Å²) >= 11 is 6.05. The standard InChI is InChI=1S/C15H19ClN4O/c1-4-11-14(17-5-2)18-9-19-15(11)20-12-8-10(16)6-7-13(12)21-3/h6-9H,4-5H2,1-3H3,(H2,17,18,19,20). The number of anilines is 3. The molecule has 0 unspecified atom stereocenters. The summed E-state index contributed by atoms with van der Waals surface area (Å²) in [6.07, 6.45) is 2.35. The molecule has 0 atom stereocenters. The van der Waals surface area contributed by atoms with Crippen molar-refractivity contribution in [1.82, 2.24) is 9.97 Å². The third kappa shape index (κ3) is 3.55. The van der Waals surface area contributed by atoms with Crippen LogP contribution >= 0.6 is 11.6 Å². The molecule has 0 bridgehead atoms. The van der Waals surface area contributed by atoms with Gasteiger partial charge in [0, 0.05) is 17.1 Å². The second-order valence-corrected chi connectivity index (χ2v) is 4.84. The lowest BCUT2D eigenvalue weighted by molar-refractivity contribution is 0.417. The summed E-state index contributed by atoms with van der Waals surface area (Å²) in [4.78, 5) is 8.61. The van der Waals surface area contributed by atoms with Gasteiger partial charge in [-0.1, -0.05) is 18.5 Å². The number of ether oxygens (including phenoxy) is 1. The number of hydrogen-bond acceptors (Lipinski definition) is 5. The zero-order valence-corrected chi connectivity index (χ0v) is 13.2. The average molecular weight is 307 g/mol. The molecule has 0 spiro atoms. The molecule has 5 nitrogen and oxygen atoms in total. The Morgan fingerprint density at radius 1 is 1.19 bits per heavy atom. The number of nitrogens with one attached hydrogen (secondary N) is 2. The Balaban J connectivity index is 2.39. The predicted molar refractivity (Wildman–Crippen MR) is 86.9 cm³/mol. The van der Waals surface area contributed by atoms with Gasteiger partial charge in [0.2, 0.25) is 0 Å². The molecule has 1 aromatic heterocycles. The topological polar surface area (TPSA) is 59.1 Å². The minimum absolute atomic E-state index is 0.636. The van der Waals surface area contributed by atoms with Gasteiger partial charge in [0.1, 0.15) is 23.7 Å². The molecule has 1 aromatic carbocycles. The van der Waals surface area contributed by atoms with Crippen LogP contribution in [-0.4, -0.2) is 23.6 Å². The van der Waals surface area contributed by atoms with E-state index in [2.05, 4.69) is 27.5 Å². The van der Waals surface area contributed by atoms with Crippen molar-refractivity contribution < 1.29 is 4.74 Å². The second-order valence-electron chi connectivity index (χ2n) is 4.40. The fourth-order valence-corrected chi connectivity index (χ4v) is 2.25. The highest BCUT2D eigenvalue weighted by molar-refractivity contribution is 6.31. The predicted octanol–water partition coefficient (Wildman–Crippen LogP) is 3.88. The largest absolute Gasteiger partial charge is 0.495 e. The smallest absolute Gasteiger partial charge is 0.142 e. The van der Waals surface area contributed by atoms with Crippen molar-refractivity contribution in [3.63, 3.8) is 0 Å². The first-order chi connectivity index (χ1) is 10.2. The zero-order chi connectivity index (χ0) is 15.2. The summed E-state index contributed by atoms with van der Waals surface area (Å²) in [6, 6.07) is 5.42. The highest BCUT2D eigenvalue weighted by Crippen LogP contribution is 2.32. The van der Waals surface area contributed by atoms with Crippen LogP contribution in [0.1, 0.15) is 19.4 Å². The summed E-state index contributed by atoms with van der Waals surface area (Å²) < 4.78 is 5.34. The molecule has 1 heterocycles. The van der Waals surface area contributed by atoms with E-state index in [1.54, 1.807) is 13.2 Å². The molecule has 0 saturated heterocycles. The van der Waals surface area contributed by atoms with Crippen molar-refractivity contribution in [1.29, 1.82) is 0 Å². The van der Waals surface area contributed by atoms with Crippen LogP contribution in [0.2, 0.25) is 5.02 Å². The van der Waals surface area contributed by atoms with Crippen molar-refractivity contribution in [3.8, 4) is 5.75 Å². The first-order valence-corrected chi connectivity index (χ1v) is 7.25. The molecule has 2 N–H and O–H groups in total. The Kier molecular flexibility index (Phi) is 5.22. The fraction of sp³-hybridized carbons (Fsp3) is 0.333. The Morgan fingerprint density at radius 2 is 1.95 bits per heavy atom. The Morgan fingerprint density at radius 3 is 2.62 bits per heavy atom. The minimum atomic E-state index is 0.636. The summed E-state index contributed by atoms with van der Waals surface area (Å²) in [6.45, 7) is 4.92. The Bertz CT molecular complexity index is 619. The molecule has 0 aliphatic heterocycles. The molecular formula is C15H19ClN4O. The molecule has 0 aliphatic rings. The Hall–Kier alpha value is -2.01.